The van der Waals surface area contributed by atoms with E-state index < -0.39 is 17.5 Å². The van der Waals surface area contributed by atoms with Crippen LogP contribution in [-0.4, -0.2) is 28.1 Å². The Morgan fingerprint density at radius 2 is 2.19 bits per heavy atom. The van der Waals surface area contributed by atoms with E-state index in [-0.39, 0.29) is 31.2 Å². The summed E-state index contributed by atoms with van der Waals surface area (Å²) in [6.45, 7) is 1.85. The molecule has 1 saturated carbocycles. The van der Waals surface area contributed by atoms with Gasteiger partial charge in [-0.2, -0.15) is 13.2 Å². The van der Waals surface area contributed by atoms with Crippen LogP contribution in [0.3, 0.4) is 0 Å². The Morgan fingerprint density at radius 3 is 2.71 bits per heavy atom. The van der Waals surface area contributed by atoms with E-state index in [4.69, 9.17) is 0 Å². The zero-order chi connectivity index (χ0) is 15.7. The minimum absolute atomic E-state index is 0.0172. The second-order valence-electron chi connectivity index (χ2n) is 5.53. The molecular formula is C13H17F3N2O2S. The molecule has 118 valence electrons. The number of rotatable bonds is 6. The maximum absolute atomic E-state index is 12.4. The van der Waals surface area contributed by atoms with Gasteiger partial charge in [-0.25, -0.2) is 4.98 Å². The van der Waals surface area contributed by atoms with Crippen LogP contribution in [0.4, 0.5) is 13.2 Å². The van der Waals surface area contributed by atoms with Crippen molar-refractivity contribution in [3.63, 3.8) is 0 Å². The summed E-state index contributed by atoms with van der Waals surface area (Å²) in [5.74, 6) is -0.115. The van der Waals surface area contributed by atoms with Gasteiger partial charge in [0, 0.05) is 18.3 Å². The summed E-state index contributed by atoms with van der Waals surface area (Å²) < 4.78 is 37.1. The standard InChI is InChI=1S/C13H17F3N2O2S/c1-12(20,8-2-3-8)6-10(19)17-5-4-11-18-9(7-21-11)13(14,15)16/h7-8,20H,2-6H2,1H3,(H,17,19)/t12-/m0/s1. The molecule has 1 aliphatic rings. The predicted molar refractivity (Wildman–Crippen MR) is 71.8 cm³/mol. The lowest BCUT2D eigenvalue weighted by Gasteiger charge is -2.21. The second kappa shape index (κ2) is 5.92. The van der Waals surface area contributed by atoms with E-state index in [0.29, 0.717) is 5.01 Å². The van der Waals surface area contributed by atoms with Crippen LogP contribution in [0.5, 0.6) is 0 Å². The molecule has 0 saturated heterocycles. The molecule has 1 fully saturated rings. The molecule has 1 aromatic heterocycles. The number of thiazole rings is 1. The van der Waals surface area contributed by atoms with E-state index in [1.807, 2.05) is 0 Å². The molecule has 0 radical (unpaired) electrons. The molecule has 0 aliphatic heterocycles. The van der Waals surface area contributed by atoms with Crippen molar-refractivity contribution in [1.29, 1.82) is 0 Å². The number of aromatic nitrogens is 1. The zero-order valence-corrected chi connectivity index (χ0v) is 12.4. The predicted octanol–water partition coefficient (Wildman–Crippen LogP) is 2.37. The lowest BCUT2D eigenvalue weighted by molar-refractivity contribution is -0.140. The third kappa shape index (κ3) is 4.67. The van der Waals surface area contributed by atoms with Gasteiger partial charge in [-0.1, -0.05) is 0 Å². The number of carbonyl (C=O) groups excluding carboxylic acids is 1. The van der Waals surface area contributed by atoms with Crippen LogP contribution in [0, 0.1) is 5.92 Å². The molecule has 0 unspecified atom stereocenters. The van der Waals surface area contributed by atoms with Gasteiger partial charge in [0.25, 0.3) is 0 Å². The number of carbonyl (C=O) groups is 1. The SMILES string of the molecule is C[C@](O)(CC(=O)NCCc1nc(C(F)(F)F)cs1)C1CC1. The Morgan fingerprint density at radius 1 is 1.52 bits per heavy atom. The van der Waals surface area contributed by atoms with E-state index >= 15 is 0 Å². The number of halogens is 3. The zero-order valence-electron chi connectivity index (χ0n) is 11.5. The van der Waals surface area contributed by atoms with Crippen LogP contribution < -0.4 is 5.32 Å². The second-order valence-corrected chi connectivity index (χ2v) is 6.48. The highest BCUT2D eigenvalue weighted by molar-refractivity contribution is 7.09. The van der Waals surface area contributed by atoms with Crippen molar-refractivity contribution < 1.29 is 23.1 Å². The number of alkyl halides is 3. The number of nitrogens with one attached hydrogen (secondary N) is 1. The lowest BCUT2D eigenvalue weighted by Crippen LogP contribution is -2.36. The van der Waals surface area contributed by atoms with Crippen molar-refractivity contribution in [2.75, 3.05) is 6.54 Å². The van der Waals surface area contributed by atoms with Crippen molar-refractivity contribution >= 4 is 17.2 Å². The van der Waals surface area contributed by atoms with Crippen LogP contribution in [-0.2, 0) is 17.4 Å². The summed E-state index contributed by atoms with van der Waals surface area (Å²) in [6.07, 6.45) is -2.30. The van der Waals surface area contributed by atoms with Crippen LogP contribution in [0.15, 0.2) is 5.38 Å². The molecule has 2 rings (SSSR count). The highest BCUT2D eigenvalue weighted by Crippen LogP contribution is 2.41. The number of hydrogen-bond donors (Lipinski definition) is 2. The number of nitrogens with zero attached hydrogens (tertiary/aromatic N) is 1. The van der Waals surface area contributed by atoms with Crippen LogP contribution in [0.1, 0.15) is 36.9 Å². The first-order valence-electron chi connectivity index (χ1n) is 6.69. The van der Waals surface area contributed by atoms with Crippen molar-refractivity contribution in [3.8, 4) is 0 Å². The van der Waals surface area contributed by atoms with Gasteiger partial charge < -0.3 is 10.4 Å². The fourth-order valence-corrected chi connectivity index (χ4v) is 2.91. The number of hydrogen-bond acceptors (Lipinski definition) is 4. The van der Waals surface area contributed by atoms with Gasteiger partial charge in [-0.15, -0.1) is 11.3 Å². The summed E-state index contributed by atoms with van der Waals surface area (Å²) in [5.41, 5.74) is -1.89. The fraction of sp³-hybridized carbons (Fsp3) is 0.692. The number of amides is 1. The first kappa shape index (κ1) is 16.2. The van der Waals surface area contributed by atoms with Gasteiger partial charge in [0.05, 0.1) is 17.0 Å². The van der Waals surface area contributed by atoms with E-state index in [0.717, 1.165) is 29.6 Å². The van der Waals surface area contributed by atoms with Crippen molar-refractivity contribution in [3.05, 3.63) is 16.1 Å². The minimum Gasteiger partial charge on any atom is -0.389 e. The Labute approximate surface area is 124 Å². The topological polar surface area (TPSA) is 62.2 Å². The molecule has 21 heavy (non-hydrogen) atoms. The summed E-state index contributed by atoms with van der Waals surface area (Å²) in [4.78, 5) is 15.2. The van der Waals surface area contributed by atoms with Crippen LogP contribution >= 0.6 is 11.3 Å². The Hall–Kier alpha value is -1.15. The van der Waals surface area contributed by atoms with Crippen molar-refractivity contribution in [2.45, 2.75) is 44.4 Å². The minimum atomic E-state index is -4.43. The average Bonchev–Trinajstić information content (AvgIpc) is 3.08. The van der Waals surface area contributed by atoms with Crippen molar-refractivity contribution in [2.24, 2.45) is 5.92 Å². The first-order valence-corrected chi connectivity index (χ1v) is 7.57. The van der Waals surface area contributed by atoms with Gasteiger partial charge in [0.15, 0.2) is 5.69 Å². The molecule has 8 heteroatoms. The van der Waals surface area contributed by atoms with Gasteiger partial charge in [-0.05, 0) is 25.7 Å². The molecule has 1 heterocycles. The van der Waals surface area contributed by atoms with E-state index in [9.17, 15) is 23.1 Å². The van der Waals surface area contributed by atoms with Crippen molar-refractivity contribution in [1.82, 2.24) is 10.3 Å². The molecule has 0 bridgehead atoms. The molecule has 4 nitrogen and oxygen atoms in total. The third-order valence-corrected chi connectivity index (χ3v) is 4.39. The molecule has 1 atom stereocenters. The molecule has 0 aromatic carbocycles. The van der Waals surface area contributed by atoms with E-state index in [1.165, 1.54) is 0 Å². The molecular weight excluding hydrogens is 305 g/mol. The highest BCUT2D eigenvalue weighted by Gasteiger charge is 2.41. The normalized spacial score (nSPS) is 18.3. The molecule has 1 aromatic rings. The smallest absolute Gasteiger partial charge is 0.389 e. The molecule has 1 aliphatic carbocycles. The summed E-state index contributed by atoms with van der Waals surface area (Å²) in [5, 5.41) is 13.9. The fourth-order valence-electron chi connectivity index (χ4n) is 2.10. The third-order valence-electron chi connectivity index (χ3n) is 3.48. The van der Waals surface area contributed by atoms with Crippen LogP contribution in [0.25, 0.3) is 0 Å². The Balaban J connectivity index is 1.74. The molecule has 0 spiro atoms. The van der Waals surface area contributed by atoms with E-state index in [2.05, 4.69) is 10.3 Å². The van der Waals surface area contributed by atoms with Crippen LogP contribution in [0.2, 0.25) is 0 Å². The average molecular weight is 322 g/mol. The summed E-state index contributed by atoms with van der Waals surface area (Å²) in [6, 6.07) is 0. The quantitative estimate of drug-likeness (QED) is 0.845. The summed E-state index contributed by atoms with van der Waals surface area (Å²) in [7, 11) is 0. The molecule has 2 N–H and O–H groups in total. The first-order chi connectivity index (χ1) is 9.68. The van der Waals surface area contributed by atoms with Gasteiger partial charge in [-0.3, -0.25) is 4.79 Å². The van der Waals surface area contributed by atoms with E-state index in [1.54, 1.807) is 6.92 Å². The van der Waals surface area contributed by atoms with Gasteiger partial charge in [0.2, 0.25) is 5.91 Å². The Kier molecular flexibility index (Phi) is 4.57. The molecule has 1 amide bonds. The monoisotopic (exact) mass is 322 g/mol. The maximum Gasteiger partial charge on any atom is 0.434 e. The summed E-state index contributed by atoms with van der Waals surface area (Å²) >= 11 is 0.924. The lowest BCUT2D eigenvalue weighted by atomic mass is 9.96. The maximum atomic E-state index is 12.4. The largest absolute Gasteiger partial charge is 0.434 e. The number of aliphatic hydroxyl groups is 1. The highest BCUT2D eigenvalue weighted by atomic mass is 32.1. The van der Waals surface area contributed by atoms with Gasteiger partial charge >= 0.3 is 6.18 Å². The van der Waals surface area contributed by atoms with Gasteiger partial charge in [0.1, 0.15) is 0 Å². The Bertz CT molecular complexity index is 510.